The van der Waals surface area contributed by atoms with E-state index in [2.05, 4.69) is 41.3 Å². The molecule has 1 amide bonds. The molecule has 0 radical (unpaired) electrons. The van der Waals surface area contributed by atoms with Crippen LogP contribution in [0.5, 0.6) is 0 Å². The lowest BCUT2D eigenvalue weighted by atomic mass is 10.00. The molecule has 4 rings (SSSR count). The summed E-state index contributed by atoms with van der Waals surface area (Å²) in [6.07, 6.45) is 3.90. The van der Waals surface area contributed by atoms with E-state index in [-0.39, 0.29) is 5.91 Å². The maximum absolute atomic E-state index is 12.7. The van der Waals surface area contributed by atoms with Crippen molar-refractivity contribution in [1.82, 2.24) is 14.8 Å². The minimum atomic E-state index is 0.280. The van der Waals surface area contributed by atoms with Gasteiger partial charge >= 0.3 is 0 Å². The van der Waals surface area contributed by atoms with Gasteiger partial charge in [-0.25, -0.2) is 0 Å². The van der Waals surface area contributed by atoms with Crippen LogP contribution in [0.1, 0.15) is 47.8 Å². The Morgan fingerprint density at radius 3 is 2.81 bits per heavy atom. The van der Waals surface area contributed by atoms with Gasteiger partial charge in [0.2, 0.25) is 5.91 Å². The maximum atomic E-state index is 12.7. The summed E-state index contributed by atoms with van der Waals surface area (Å²) in [6.45, 7) is 5.55. The average molecular weight is 349 g/mol. The third-order valence-corrected chi connectivity index (χ3v) is 5.71. The molecule has 1 aromatic heterocycles. The van der Waals surface area contributed by atoms with Crippen molar-refractivity contribution in [2.45, 2.75) is 45.2 Å². The Morgan fingerprint density at radius 2 is 1.96 bits per heavy atom. The average Bonchev–Trinajstić information content (AvgIpc) is 3.14. The van der Waals surface area contributed by atoms with Crippen molar-refractivity contribution >= 4 is 5.91 Å². The molecule has 2 aliphatic heterocycles. The predicted molar refractivity (Wildman–Crippen MR) is 103 cm³/mol. The zero-order valence-electron chi connectivity index (χ0n) is 15.5. The molecular weight excluding hydrogens is 322 g/mol. The molecule has 3 heterocycles. The summed E-state index contributed by atoms with van der Waals surface area (Å²) in [4.78, 5) is 21.9. The number of amides is 1. The zero-order valence-corrected chi connectivity index (χ0v) is 15.5. The summed E-state index contributed by atoms with van der Waals surface area (Å²) >= 11 is 0. The highest BCUT2D eigenvalue weighted by Gasteiger charge is 2.28. The molecule has 0 spiro atoms. The summed E-state index contributed by atoms with van der Waals surface area (Å²) < 4.78 is 0. The van der Waals surface area contributed by atoms with Gasteiger partial charge in [-0.2, -0.15) is 0 Å². The number of hydrogen-bond donors (Lipinski definition) is 0. The fraction of sp³-hybridized carbons (Fsp3) is 0.455. The van der Waals surface area contributed by atoms with E-state index < -0.39 is 0 Å². The van der Waals surface area contributed by atoms with Crippen molar-refractivity contribution in [3.05, 3.63) is 65.0 Å². The Labute approximate surface area is 155 Å². The number of pyridine rings is 1. The smallest absolute Gasteiger partial charge is 0.224 e. The van der Waals surface area contributed by atoms with E-state index in [9.17, 15) is 4.79 Å². The van der Waals surface area contributed by atoms with Gasteiger partial charge in [0.1, 0.15) is 0 Å². The first-order chi connectivity index (χ1) is 12.7. The van der Waals surface area contributed by atoms with E-state index in [0.29, 0.717) is 12.5 Å². The highest BCUT2D eigenvalue weighted by atomic mass is 16.2. The monoisotopic (exact) mass is 349 g/mol. The Kier molecular flexibility index (Phi) is 5.02. The second-order valence-corrected chi connectivity index (χ2v) is 7.48. The van der Waals surface area contributed by atoms with E-state index in [4.69, 9.17) is 4.98 Å². The van der Waals surface area contributed by atoms with Crippen molar-refractivity contribution < 1.29 is 4.79 Å². The van der Waals surface area contributed by atoms with E-state index in [1.54, 1.807) is 0 Å². The summed E-state index contributed by atoms with van der Waals surface area (Å²) in [5.41, 5.74) is 4.91. The fourth-order valence-corrected chi connectivity index (χ4v) is 4.28. The number of hydrogen-bond acceptors (Lipinski definition) is 3. The highest BCUT2D eigenvalue weighted by Crippen LogP contribution is 2.31. The van der Waals surface area contributed by atoms with Crippen LogP contribution >= 0.6 is 0 Å². The number of aromatic nitrogens is 1. The molecule has 0 aliphatic carbocycles. The highest BCUT2D eigenvalue weighted by molar-refractivity contribution is 5.76. The molecule has 2 aromatic rings. The SMILES string of the molecule is Cc1cccc([C@H]2CCCN2CCC(=O)N2CCc3ccccc3C2)n1. The van der Waals surface area contributed by atoms with E-state index in [0.717, 1.165) is 50.4 Å². The third-order valence-electron chi connectivity index (χ3n) is 5.71. The molecule has 1 fully saturated rings. The Bertz CT molecular complexity index is 788. The second-order valence-electron chi connectivity index (χ2n) is 7.48. The molecule has 0 N–H and O–H groups in total. The standard InChI is InChI=1S/C22H27N3O/c1-17-6-4-9-20(23-17)21-10-5-13-24(21)15-12-22(26)25-14-11-18-7-2-3-8-19(18)16-25/h2-4,6-9,21H,5,10-16H2,1H3/t21-/m1/s1. The number of fused-ring (bicyclic) bond motifs is 1. The quantitative estimate of drug-likeness (QED) is 0.848. The van der Waals surface area contributed by atoms with E-state index >= 15 is 0 Å². The molecule has 26 heavy (non-hydrogen) atoms. The second kappa shape index (κ2) is 7.58. The molecule has 2 aliphatic rings. The first-order valence-electron chi connectivity index (χ1n) is 9.73. The van der Waals surface area contributed by atoms with Crippen LogP contribution in [0.3, 0.4) is 0 Å². The number of benzene rings is 1. The van der Waals surface area contributed by atoms with E-state index in [1.807, 2.05) is 17.9 Å². The zero-order chi connectivity index (χ0) is 17.9. The van der Waals surface area contributed by atoms with E-state index in [1.165, 1.54) is 17.5 Å². The van der Waals surface area contributed by atoms with Gasteiger partial charge in [0, 0.05) is 31.7 Å². The lowest BCUT2D eigenvalue weighted by Gasteiger charge is -2.30. The van der Waals surface area contributed by atoms with Gasteiger partial charge in [0.25, 0.3) is 0 Å². The number of nitrogens with zero attached hydrogens (tertiary/aromatic N) is 3. The van der Waals surface area contributed by atoms with Crippen molar-refractivity contribution in [3.8, 4) is 0 Å². The summed E-state index contributed by atoms with van der Waals surface area (Å²) in [5.74, 6) is 0.280. The molecule has 136 valence electrons. The van der Waals surface area contributed by atoms with Crippen molar-refractivity contribution in [1.29, 1.82) is 0 Å². The fourth-order valence-electron chi connectivity index (χ4n) is 4.28. The number of carbonyl (C=O) groups excluding carboxylic acids is 1. The largest absolute Gasteiger partial charge is 0.338 e. The topological polar surface area (TPSA) is 36.4 Å². The summed E-state index contributed by atoms with van der Waals surface area (Å²) in [5, 5.41) is 0. The molecule has 0 saturated carbocycles. The normalized spacial score (nSPS) is 20.2. The molecule has 4 nitrogen and oxygen atoms in total. The van der Waals surface area contributed by atoms with Crippen LogP contribution in [0.25, 0.3) is 0 Å². The first kappa shape index (κ1) is 17.2. The lowest BCUT2D eigenvalue weighted by Crippen LogP contribution is -2.38. The molecular formula is C22H27N3O. The molecule has 1 atom stereocenters. The maximum Gasteiger partial charge on any atom is 0.224 e. The molecule has 0 bridgehead atoms. The molecule has 4 heteroatoms. The van der Waals surface area contributed by atoms with Gasteiger partial charge in [0.15, 0.2) is 0 Å². The number of likely N-dealkylation sites (tertiary alicyclic amines) is 1. The van der Waals surface area contributed by atoms with Crippen LogP contribution in [0, 0.1) is 6.92 Å². The van der Waals surface area contributed by atoms with Gasteiger partial charge in [-0.15, -0.1) is 0 Å². The van der Waals surface area contributed by atoms with Gasteiger partial charge in [-0.3, -0.25) is 14.7 Å². The first-order valence-corrected chi connectivity index (χ1v) is 9.73. The van der Waals surface area contributed by atoms with Crippen molar-refractivity contribution in [3.63, 3.8) is 0 Å². The molecule has 0 unspecified atom stereocenters. The van der Waals surface area contributed by atoms with Crippen molar-refractivity contribution in [2.75, 3.05) is 19.6 Å². The number of rotatable bonds is 4. The number of aryl methyl sites for hydroxylation is 1. The van der Waals surface area contributed by atoms with Gasteiger partial charge in [-0.1, -0.05) is 30.3 Å². The predicted octanol–water partition coefficient (Wildman–Crippen LogP) is 3.50. The minimum absolute atomic E-state index is 0.280. The van der Waals surface area contributed by atoms with Crippen LogP contribution in [-0.4, -0.2) is 40.3 Å². The third kappa shape index (κ3) is 3.65. The van der Waals surface area contributed by atoms with Crippen LogP contribution in [0.2, 0.25) is 0 Å². The van der Waals surface area contributed by atoms with Gasteiger partial charge in [-0.05, 0) is 56.0 Å². The Balaban J connectivity index is 1.35. The summed E-state index contributed by atoms with van der Waals surface area (Å²) in [7, 11) is 0. The lowest BCUT2D eigenvalue weighted by molar-refractivity contribution is -0.132. The number of carbonyl (C=O) groups is 1. The van der Waals surface area contributed by atoms with Crippen molar-refractivity contribution in [2.24, 2.45) is 0 Å². The Hall–Kier alpha value is -2.20. The van der Waals surface area contributed by atoms with Gasteiger partial charge < -0.3 is 4.90 Å². The molecule has 1 saturated heterocycles. The van der Waals surface area contributed by atoms with Crippen LogP contribution in [0.4, 0.5) is 0 Å². The summed E-state index contributed by atoms with van der Waals surface area (Å²) in [6, 6.07) is 15.1. The van der Waals surface area contributed by atoms with Crippen LogP contribution in [-0.2, 0) is 17.8 Å². The van der Waals surface area contributed by atoms with Crippen LogP contribution in [0.15, 0.2) is 42.5 Å². The minimum Gasteiger partial charge on any atom is -0.338 e. The van der Waals surface area contributed by atoms with Crippen LogP contribution < -0.4 is 0 Å². The molecule has 1 aromatic carbocycles. The van der Waals surface area contributed by atoms with Gasteiger partial charge in [0.05, 0.1) is 11.7 Å². The Morgan fingerprint density at radius 1 is 1.12 bits per heavy atom.